The predicted octanol–water partition coefficient (Wildman–Crippen LogP) is 3.40. The summed E-state index contributed by atoms with van der Waals surface area (Å²) in [6, 6.07) is 17.3. The number of hydrogen-bond donors (Lipinski definition) is 0. The Morgan fingerprint density at radius 1 is 0.861 bits per heavy atom. The molecule has 1 atom stereocenters. The molecule has 4 rings (SSSR count). The molecule has 0 spiro atoms. The van der Waals surface area contributed by atoms with E-state index in [-0.39, 0.29) is 36.0 Å². The summed E-state index contributed by atoms with van der Waals surface area (Å²) < 4.78 is 55.3. The molecule has 1 unspecified atom stereocenters. The van der Waals surface area contributed by atoms with Gasteiger partial charge in [-0.25, -0.2) is 16.8 Å². The number of rotatable bonds is 9. The molecule has 36 heavy (non-hydrogen) atoms. The molecule has 2 heterocycles. The minimum Gasteiger partial charge on any atom is -0.488 e. The van der Waals surface area contributed by atoms with Crippen molar-refractivity contribution >= 4 is 25.5 Å². The number of hydrogen-bond acceptors (Lipinski definition) is 7. The van der Waals surface area contributed by atoms with Crippen molar-refractivity contribution in [2.24, 2.45) is 11.3 Å². The molecule has 0 amide bonds. The van der Waals surface area contributed by atoms with E-state index in [0.29, 0.717) is 11.3 Å². The highest BCUT2D eigenvalue weighted by Crippen LogP contribution is 2.48. The van der Waals surface area contributed by atoms with Gasteiger partial charge in [-0.3, -0.25) is 9.69 Å². The molecule has 1 fully saturated rings. The molecule has 9 heteroatoms. The minimum atomic E-state index is -3.38. The molecule has 2 aliphatic rings. The molecule has 0 aromatic heterocycles. The second-order valence-corrected chi connectivity index (χ2v) is 14.9. The van der Waals surface area contributed by atoms with Gasteiger partial charge in [0.1, 0.15) is 31.5 Å². The summed E-state index contributed by atoms with van der Waals surface area (Å²) >= 11 is 0. The number of piperidine rings is 1. The molecule has 2 aromatic carbocycles. The van der Waals surface area contributed by atoms with Crippen molar-refractivity contribution in [1.29, 1.82) is 0 Å². The van der Waals surface area contributed by atoms with Crippen LogP contribution in [0, 0.1) is 11.3 Å². The van der Waals surface area contributed by atoms with Crippen molar-refractivity contribution in [3.05, 3.63) is 65.7 Å². The number of sulfone groups is 2. The van der Waals surface area contributed by atoms with E-state index in [9.17, 15) is 21.6 Å². The fourth-order valence-corrected chi connectivity index (χ4v) is 7.05. The molecule has 0 saturated carbocycles. The predicted molar refractivity (Wildman–Crippen MR) is 141 cm³/mol. The van der Waals surface area contributed by atoms with E-state index in [0.717, 1.165) is 45.0 Å². The fraction of sp³-hybridized carbons (Fsp3) is 0.519. The number of fused-ring (bicyclic) bond motifs is 1. The van der Waals surface area contributed by atoms with Gasteiger partial charge in [-0.15, -0.1) is 0 Å². The van der Waals surface area contributed by atoms with Crippen LogP contribution in [0.25, 0.3) is 0 Å². The molecule has 0 radical (unpaired) electrons. The molecule has 0 aliphatic carbocycles. The first-order valence-electron chi connectivity index (χ1n) is 12.4. The maximum atomic E-state index is 14.1. The number of carbonyl (C=O) groups is 1. The monoisotopic (exact) mass is 533 g/mol. The van der Waals surface area contributed by atoms with Crippen LogP contribution in [0.5, 0.6) is 5.75 Å². The largest absolute Gasteiger partial charge is 0.488 e. The first-order chi connectivity index (χ1) is 17.0. The number of para-hydroxylation sites is 1. The lowest BCUT2D eigenvalue weighted by atomic mass is 9.64. The molecule has 2 aromatic rings. The first kappa shape index (κ1) is 26.8. The van der Waals surface area contributed by atoms with Crippen LogP contribution in [0.3, 0.4) is 0 Å². The van der Waals surface area contributed by atoms with Gasteiger partial charge >= 0.3 is 0 Å². The Labute approximate surface area is 214 Å². The van der Waals surface area contributed by atoms with Gasteiger partial charge in [0.2, 0.25) is 0 Å². The topological polar surface area (TPSA) is 97.8 Å². The van der Waals surface area contributed by atoms with Crippen LogP contribution in [0.15, 0.2) is 54.6 Å². The normalized spacial score (nSPS) is 21.1. The van der Waals surface area contributed by atoms with Crippen LogP contribution in [-0.4, -0.2) is 70.7 Å². The Morgan fingerprint density at radius 3 is 2.00 bits per heavy atom. The van der Waals surface area contributed by atoms with Gasteiger partial charge in [-0.05, 0) is 62.4 Å². The van der Waals surface area contributed by atoms with Crippen LogP contribution >= 0.6 is 0 Å². The van der Waals surface area contributed by atoms with Gasteiger partial charge in [-0.1, -0.05) is 42.5 Å². The van der Waals surface area contributed by atoms with E-state index in [2.05, 4.69) is 17.0 Å². The Hall–Kier alpha value is -2.23. The van der Waals surface area contributed by atoms with Crippen molar-refractivity contribution in [1.82, 2.24) is 4.90 Å². The number of ether oxygens (including phenoxy) is 1. The summed E-state index contributed by atoms with van der Waals surface area (Å²) in [5.41, 5.74) is 0.425. The lowest BCUT2D eigenvalue weighted by Gasteiger charge is -2.48. The van der Waals surface area contributed by atoms with E-state index in [1.54, 1.807) is 18.2 Å². The highest BCUT2D eigenvalue weighted by Gasteiger charge is 2.54. The van der Waals surface area contributed by atoms with Crippen molar-refractivity contribution in [2.45, 2.75) is 38.3 Å². The van der Waals surface area contributed by atoms with Crippen molar-refractivity contribution in [2.75, 3.05) is 37.1 Å². The third-order valence-electron chi connectivity index (χ3n) is 7.53. The van der Waals surface area contributed by atoms with E-state index < -0.39 is 31.2 Å². The second-order valence-electron chi connectivity index (χ2n) is 10.4. The maximum Gasteiger partial charge on any atom is 0.176 e. The summed E-state index contributed by atoms with van der Waals surface area (Å²) in [5.74, 6) is -0.0928. The van der Waals surface area contributed by atoms with E-state index in [1.165, 1.54) is 5.56 Å². The van der Waals surface area contributed by atoms with E-state index >= 15 is 0 Å². The summed E-state index contributed by atoms with van der Waals surface area (Å²) in [6.45, 7) is 2.49. The van der Waals surface area contributed by atoms with Crippen molar-refractivity contribution < 1.29 is 26.4 Å². The quantitative estimate of drug-likeness (QED) is 0.487. The zero-order valence-electron chi connectivity index (χ0n) is 20.9. The number of carbonyl (C=O) groups excluding carboxylic acids is 1. The standard InChI is InChI=1S/C27H35NO6S2/c1-35(30,31)18-14-27(15-19-36(2,32)33)25(29)23-10-6-7-11-24(23)34-26(27)22-12-16-28(17-13-22)20-21-8-4-3-5-9-21/h3-11,22,26H,12-20H2,1-2H3. The molecule has 0 bridgehead atoms. The summed E-state index contributed by atoms with van der Waals surface area (Å²) in [7, 11) is -6.76. The maximum absolute atomic E-state index is 14.1. The summed E-state index contributed by atoms with van der Waals surface area (Å²) in [5, 5.41) is 0. The van der Waals surface area contributed by atoms with Gasteiger partial charge in [-0.2, -0.15) is 0 Å². The molecular formula is C27H35NO6S2. The molecule has 196 valence electrons. The van der Waals surface area contributed by atoms with Gasteiger partial charge < -0.3 is 4.74 Å². The Balaban J connectivity index is 1.64. The molecule has 2 aliphatic heterocycles. The van der Waals surface area contributed by atoms with Crippen molar-refractivity contribution in [3.8, 4) is 5.75 Å². The van der Waals surface area contributed by atoms with Gasteiger partial charge in [0, 0.05) is 19.1 Å². The van der Waals surface area contributed by atoms with Crippen LogP contribution in [-0.2, 0) is 26.2 Å². The molecular weight excluding hydrogens is 498 g/mol. The molecule has 7 nitrogen and oxygen atoms in total. The van der Waals surface area contributed by atoms with Crippen molar-refractivity contribution in [3.63, 3.8) is 0 Å². The number of nitrogens with zero attached hydrogens (tertiary/aromatic N) is 1. The fourth-order valence-electron chi connectivity index (χ4n) is 5.58. The highest BCUT2D eigenvalue weighted by molar-refractivity contribution is 7.90. The number of likely N-dealkylation sites (tertiary alicyclic amines) is 1. The number of benzene rings is 2. The Bertz CT molecular complexity index is 1250. The third kappa shape index (κ3) is 6.36. The summed E-state index contributed by atoms with van der Waals surface area (Å²) in [6.07, 6.45) is 3.38. The first-order valence-corrected chi connectivity index (χ1v) is 16.5. The van der Waals surface area contributed by atoms with Crippen LogP contribution in [0.2, 0.25) is 0 Å². The average Bonchev–Trinajstić information content (AvgIpc) is 2.83. The highest BCUT2D eigenvalue weighted by atomic mass is 32.2. The average molecular weight is 534 g/mol. The Kier molecular flexibility index (Phi) is 7.92. The van der Waals surface area contributed by atoms with E-state index in [1.807, 2.05) is 24.3 Å². The lowest BCUT2D eigenvalue weighted by Crippen LogP contribution is -2.55. The third-order valence-corrected chi connectivity index (χ3v) is 9.42. The number of Topliss-reactive ketones (excluding diaryl/α,β-unsaturated/α-hetero) is 1. The zero-order valence-corrected chi connectivity index (χ0v) is 22.6. The van der Waals surface area contributed by atoms with Gasteiger partial charge in [0.15, 0.2) is 5.78 Å². The van der Waals surface area contributed by atoms with E-state index in [4.69, 9.17) is 4.74 Å². The minimum absolute atomic E-state index is 0.00782. The van der Waals surface area contributed by atoms with Crippen LogP contribution in [0.4, 0.5) is 0 Å². The van der Waals surface area contributed by atoms with Gasteiger partial charge in [0.25, 0.3) is 0 Å². The van der Waals surface area contributed by atoms with Gasteiger partial charge in [0.05, 0.1) is 22.5 Å². The molecule has 0 N–H and O–H groups in total. The van der Waals surface area contributed by atoms with Crippen LogP contribution in [0.1, 0.15) is 41.6 Å². The number of ketones is 1. The second kappa shape index (κ2) is 10.6. The smallest absolute Gasteiger partial charge is 0.176 e. The lowest BCUT2D eigenvalue weighted by molar-refractivity contribution is -0.0236. The SMILES string of the molecule is CS(=O)(=O)CCC1(CCS(C)(=O)=O)C(=O)c2ccccc2OC1C1CCN(Cc2ccccc2)CC1. The zero-order chi connectivity index (χ0) is 26.0. The van der Waals surface area contributed by atoms with Crippen LogP contribution < -0.4 is 4.74 Å². The molecule has 1 saturated heterocycles. The Morgan fingerprint density at radius 2 is 1.42 bits per heavy atom. The summed E-state index contributed by atoms with van der Waals surface area (Å²) in [4.78, 5) is 16.4.